The summed E-state index contributed by atoms with van der Waals surface area (Å²) in [5.74, 6) is 1.65. The van der Waals surface area contributed by atoms with Gasteiger partial charge in [-0.05, 0) is 55.8 Å². The number of nitrogens with two attached hydrogens (primary N) is 2. The van der Waals surface area contributed by atoms with Crippen LogP contribution < -0.4 is 22.1 Å². The molecule has 0 aromatic carbocycles. The van der Waals surface area contributed by atoms with Crippen molar-refractivity contribution in [3.63, 3.8) is 0 Å². The van der Waals surface area contributed by atoms with Crippen LogP contribution in [0.3, 0.4) is 0 Å². The molecule has 196 valence electrons. The van der Waals surface area contributed by atoms with Gasteiger partial charge in [-0.3, -0.25) is 9.89 Å². The topological polar surface area (TPSA) is 128 Å². The second-order valence-electron chi connectivity index (χ2n) is 9.86. The van der Waals surface area contributed by atoms with E-state index >= 15 is 0 Å². The number of aliphatic imine (C=N–C) groups is 1. The van der Waals surface area contributed by atoms with Crippen molar-refractivity contribution in [1.29, 1.82) is 5.41 Å². The van der Waals surface area contributed by atoms with E-state index in [1.54, 1.807) is 6.20 Å². The lowest BCUT2D eigenvalue weighted by atomic mass is 9.99. The van der Waals surface area contributed by atoms with Crippen molar-refractivity contribution < 1.29 is 4.74 Å². The Bertz CT molecular complexity index is 1010. The Hall–Kier alpha value is -3.30. The lowest BCUT2D eigenvalue weighted by molar-refractivity contribution is -0.0645. The minimum Gasteiger partial charge on any atom is -0.404 e. The molecule has 3 rings (SSSR count). The van der Waals surface area contributed by atoms with Crippen LogP contribution in [-0.2, 0) is 4.74 Å². The molecule has 1 atom stereocenters. The molecule has 3 aliphatic heterocycles. The average Bonchev–Trinajstić information content (AvgIpc) is 2.82. The minimum atomic E-state index is -0.0749. The van der Waals surface area contributed by atoms with E-state index in [4.69, 9.17) is 21.6 Å². The Kier molecular flexibility index (Phi) is 9.55. The van der Waals surface area contributed by atoms with Crippen LogP contribution in [-0.4, -0.2) is 73.7 Å². The van der Waals surface area contributed by atoms with Gasteiger partial charge < -0.3 is 37.1 Å². The molecule has 0 aromatic rings. The Morgan fingerprint density at radius 3 is 2.67 bits per heavy atom. The van der Waals surface area contributed by atoms with Crippen molar-refractivity contribution in [2.45, 2.75) is 45.9 Å². The second-order valence-corrected chi connectivity index (χ2v) is 9.86. The Morgan fingerprint density at radius 1 is 1.28 bits per heavy atom. The maximum Gasteiger partial charge on any atom is 0.107 e. The molecule has 0 aliphatic carbocycles. The molecule has 9 nitrogen and oxygen atoms in total. The number of ether oxygens (including phenoxy) is 1. The normalized spacial score (nSPS) is 21.6. The summed E-state index contributed by atoms with van der Waals surface area (Å²) in [6, 6.07) is 0.501. The van der Waals surface area contributed by atoms with Gasteiger partial charge in [-0.15, -0.1) is 0 Å². The highest BCUT2D eigenvalue weighted by Gasteiger charge is 2.29. The third-order valence-corrected chi connectivity index (χ3v) is 6.61. The van der Waals surface area contributed by atoms with Crippen LogP contribution in [0.1, 0.15) is 27.7 Å². The monoisotopic (exact) mass is 494 g/mol. The number of nitrogens with one attached hydrogen (secondary N) is 3. The van der Waals surface area contributed by atoms with Crippen molar-refractivity contribution in [1.82, 2.24) is 20.4 Å². The van der Waals surface area contributed by atoms with Gasteiger partial charge >= 0.3 is 0 Å². The van der Waals surface area contributed by atoms with Gasteiger partial charge in [0.15, 0.2) is 0 Å². The third kappa shape index (κ3) is 6.89. The molecule has 1 unspecified atom stereocenters. The number of rotatable bonds is 12. The van der Waals surface area contributed by atoms with Crippen molar-refractivity contribution in [3.8, 4) is 0 Å². The smallest absolute Gasteiger partial charge is 0.107 e. The predicted octanol–water partition coefficient (Wildman–Crippen LogP) is 2.16. The fraction of sp³-hybridized carbons (Fsp3) is 0.481. The number of fused-ring (bicyclic) bond motifs is 1. The second kappa shape index (κ2) is 12.6. The molecule has 1 saturated heterocycles. The fourth-order valence-corrected chi connectivity index (χ4v) is 4.15. The average molecular weight is 495 g/mol. The van der Waals surface area contributed by atoms with Gasteiger partial charge in [-0.25, -0.2) is 0 Å². The largest absolute Gasteiger partial charge is 0.404 e. The molecule has 0 spiro atoms. The molecular weight excluding hydrogens is 452 g/mol. The minimum absolute atomic E-state index is 0.0749. The molecule has 0 radical (unpaired) electrons. The number of hydrogen-bond acceptors (Lipinski definition) is 9. The zero-order chi connectivity index (χ0) is 26.2. The third-order valence-electron chi connectivity index (χ3n) is 6.61. The molecule has 0 saturated carbocycles. The lowest BCUT2D eigenvalue weighted by Gasteiger charge is -2.41. The van der Waals surface area contributed by atoms with Crippen LogP contribution in [0.25, 0.3) is 0 Å². The Morgan fingerprint density at radius 2 is 2.03 bits per heavy atom. The first kappa shape index (κ1) is 27.3. The highest BCUT2D eigenvalue weighted by atomic mass is 16.5. The molecule has 1 fully saturated rings. The standard InChI is InChI=1S/C27H42N8O/c1-18(2)20(12-28)11-26(30)33-27-7-6-24-25(34(27)5)10-21(15-32-24)22(13-29)14-31-8-9-36-23-16-35(17-23)19(3)4/h6-7,10-15,18-19,23,25,29,31,33H,8-9,16-17,28,30H2,1-5H3/b20-12+,22-14+,26-11+,29-13?. The van der Waals surface area contributed by atoms with Gasteiger partial charge in [0.1, 0.15) is 11.6 Å². The maximum absolute atomic E-state index is 7.91. The lowest BCUT2D eigenvalue weighted by Crippen LogP contribution is -2.55. The van der Waals surface area contributed by atoms with Gasteiger partial charge in [0.2, 0.25) is 0 Å². The van der Waals surface area contributed by atoms with Gasteiger partial charge in [0.25, 0.3) is 0 Å². The zero-order valence-electron chi connectivity index (χ0n) is 22.2. The number of allylic oxidation sites excluding steroid dienone is 6. The van der Waals surface area contributed by atoms with E-state index in [1.165, 1.54) is 6.21 Å². The first-order valence-corrected chi connectivity index (χ1v) is 12.6. The first-order valence-electron chi connectivity index (χ1n) is 12.6. The van der Waals surface area contributed by atoms with Crippen LogP contribution >= 0.6 is 0 Å². The van der Waals surface area contributed by atoms with E-state index in [9.17, 15) is 0 Å². The SMILES string of the molecule is CC(C)C(=C/N)/C=C(\N)NC1=CC=C2N=CC(/C(C=N)=C/NCCOC3CN(C(C)C)C3)=CC2N1C. The molecule has 0 bridgehead atoms. The summed E-state index contributed by atoms with van der Waals surface area (Å²) in [7, 11) is 1.99. The number of likely N-dealkylation sites (tertiary alicyclic amines) is 1. The highest BCUT2D eigenvalue weighted by Crippen LogP contribution is 2.27. The molecule has 9 heteroatoms. The van der Waals surface area contributed by atoms with Gasteiger partial charge in [0.05, 0.1) is 24.4 Å². The molecule has 3 aliphatic rings. The number of hydrogen-bond donors (Lipinski definition) is 5. The fourth-order valence-electron chi connectivity index (χ4n) is 4.15. The molecule has 7 N–H and O–H groups in total. The van der Waals surface area contributed by atoms with Gasteiger partial charge in [-0.1, -0.05) is 13.8 Å². The van der Waals surface area contributed by atoms with E-state index < -0.39 is 0 Å². The Labute approximate surface area is 215 Å². The van der Waals surface area contributed by atoms with Crippen LogP contribution in [0.2, 0.25) is 0 Å². The van der Waals surface area contributed by atoms with Gasteiger partial charge in [-0.2, -0.15) is 0 Å². The summed E-state index contributed by atoms with van der Waals surface area (Å²) in [6.07, 6.45) is 14.8. The Balaban J connectivity index is 1.57. The van der Waals surface area contributed by atoms with Crippen LogP contribution in [0.4, 0.5) is 0 Å². The summed E-state index contributed by atoms with van der Waals surface area (Å²) in [4.78, 5) is 9.11. The van der Waals surface area contributed by atoms with E-state index in [0.29, 0.717) is 31.1 Å². The molecule has 3 heterocycles. The summed E-state index contributed by atoms with van der Waals surface area (Å²) in [5, 5.41) is 14.5. The summed E-state index contributed by atoms with van der Waals surface area (Å²) >= 11 is 0. The van der Waals surface area contributed by atoms with E-state index in [-0.39, 0.29) is 12.0 Å². The zero-order valence-corrected chi connectivity index (χ0v) is 22.2. The van der Waals surface area contributed by atoms with Crippen molar-refractivity contribution in [3.05, 3.63) is 70.8 Å². The van der Waals surface area contributed by atoms with E-state index in [0.717, 1.165) is 41.3 Å². The number of likely N-dealkylation sites (N-methyl/N-ethyl adjacent to an activating group) is 1. The van der Waals surface area contributed by atoms with E-state index in [2.05, 4.69) is 59.2 Å². The van der Waals surface area contributed by atoms with Crippen LogP contribution in [0.5, 0.6) is 0 Å². The van der Waals surface area contributed by atoms with Crippen molar-refractivity contribution >= 4 is 12.4 Å². The first-order chi connectivity index (χ1) is 17.2. The molecular formula is C27H42N8O. The summed E-state index contributed by atoms with van der Waals surface area (Å²) in [5.41, 5.74) is 15.5. The van der Waals surface area contributed by atoms with Crippen molar-refractivity contribution in [2.24, 2.45) is 22.4 Å². The van der Waals surface area contributed by atoms with Crippen LogP contribution in [0.15, 0.2) is 75.8 Å². The quantitative estimate of drug-likeness (QED) is 0.160. The van der Waals surface area contributed by atoms with Gasteiger partial charge in [0, 0.05) is 62.5 Å². The van der Waals surface area contributed by atoms with E-state index in [1.807, 2.05) is 37.7 Å². The van der Waals surface area contributed by atoms with Crippen molar-refractivity contribution in [2.75, 3.05) is 33.3 Å². The predicted molar refractivity (Wildman–Crippen MR) is 148 cm³/mol. The number of nitrogens with zero attached hydrogens (tertiary/aromatic N) is 3. The summed E-state index contributed by atoms with van der Waals surface area (Å²) in [6.45, 7) is 11.9. The molecule has 0 amide bonds. The van der Waals surface area contributed by atoms with Crippen LogP contribution in [0, 0.1) is 11.3 Å². The highest BCUT2D eigenvalue weighted by molar-refractivity contribution is 5.98. The maximum atomic E-state index is 7.91. The number of dihydropyridines is 1. The molecule has 0 aromatic heterocycles. The molecule has 36 heavy (non-hydrogen) atoms. The summed E-state index contributed by atoms with van der Waals surface area (Å²) < 4.78 is 5.91.